The van der Waals surface area contributed by atoms with Gasteiger partial charge in [-0.3, -0.25) is 0 Å². The van der Waals surface area contributed by atoms with Gasteiger partial charge in [0.1, 0.15) is 23.0 Å². The molecule has 0 bridgehead atoms. The molecule has 0 aliphatic carbocycles. The average Bonchev–Trinajstić information content (AvgIpc) is 2.50. The van der Waals surface area contributed by atoms with Gasteiger partial charge >= 0.3 is 0 Å². The van der Waals surface area contributed by atoms with E-state index in [1.165, 1.54) is 30.3 Å². The summed E-state index contributed by atoms with van der Waals surface area (Å²) in [6.45, 7) is 1.79. The number of aromatic hydroxyl groups is 4. The van der Waals surface area contributed by atoms with Crippen molar-refractivity contribution in [1.82, 2.24) is 0 Å². The zero-order chi connectivity index (χ0) is 17.2. The number of phenolic OH excluding ortho intramolecular Hbond substituents is 4. The first-order valence-electron chi connectivity index (χ1n) is 7.32. The minimum absolute atomic E-state index is 0.0174. The molecule has 0 fully saturated rings. The fraction of sp³-hybridized carbons (Fsp3) is 0.0526. The second kappa shape index (κ2) is 4.58. The van der Waals surface area contributed by atoms with Gasteiger partial charge in [-0.05, 0) is 46.8 Å². The highest BCUT2D eigenvalue weighted by Gasteiger charge is 2.18. The van der Waals surface area contributed by atoms with Gasteiger partial charge in [-0.2, -0.15) is 0 Å². The van der Waals surface area contributed by atoms with Crippen LogP contribution >= 0.6 is 0 Å². The molecule has 0 atom stereocenters. The van der Waals surface area contributed by atoms with E-state index in [1.54, 1.807) is 13.0 Å². The molecule has 5 heteroatoms. The maximum absolute atomic E-state index is 13.0. The van der Waals surface area contributed by atoms with Gasteiger partial charge in [-0.25, -0.2) is 0 Å². The number of aryl methyl sites for hydroxylation is 1. The van der Waals surface area contributed by atoms with Gasteiger partial charge in [0.15, 0.2) is 0 Å². The van der Waals surface area contributed by atoms with Gasteiger partial charge in [0.25, 0.3) is 0 Å². The van der Waals surface area contributed by atoms with Crippen LogP contribution in [0.1, 0.15) is 5.56 Å². The SMILES string of the molecule is Cc1cc(O)c2c(c1)cc(O)c1c(O)c3c(O)cccc3c([O-])c12. The molecule has 120 valence electrons. The number of hydrogen-bond donors (Lipinski definition) is 4. The number of hydrogen-bond acceptors (Lipinski definition) is 5. The van der Waals surface area contributed by atoms with Crippen molar-refractivity contribution in [3.8, 4) is 28.7 Å². The number of rotatable bonds is 0. The monoisotopic (exact) mass is 321 g/mol. The Bertz CT molecular complexity index is 1160. The minimum Gasteiger partial charge on any atom is -0.872 e. The lowest BCUT2D eigenvalue weighted by Gasteiger charge is -2.20. The molecule has 4 N–H and O–H groups in total. The summed E-state index contributed by atoms with van der Waals surface area (Å²) in [5, 5.41) is 55.0. The van der Waals surface area contributed by atoms with Crippen molar-refractivity contribution >= 4 is 32.3 Å². The summed E-state index contributed by atoms with van der Waals surface area (Å²) in [7, 11) is 0. The second-order valence-corrected chi connectivity index (χ2v) is 5.91. The Morgan fingerprint density at radius 1 is 0.750 bits per heavy atom. The van der Waals surface area contributed by atoms with Crippen molar-refractivity contribution in [2.45, 2.75) is 6.92 Å². The molecule has 0 aromatic heterocycles. The molecule has 4 rings (SSSR count). The quantitative estimate of drug-likeness (QED) is 0.294. The van der Waals surface area contributed by atoms with E-state index < -0.39 is 11.5 Å². The van der Waals surface area contributed by atoms with E-state index in [4.69, 9.17) is 0 Å². The van der Waals surface area contributed by atoms with Gasteiger partial charge in [0.05, 0.1) is 10.8 Å². The molecule has 0 radical (unpaired) electrons. The van der Waals surface area contributed by atoms with Crippen LogP contribution < -0.4 is 5.11 Å². The highest BCUT2D eigenvalue weighted by atomic mass is 16.3. The number of fused-ring (bicyclic) bond motifs is 4. The molecule has 0 saturated carbocycles. The Balaban J connectivity index is 2.42. The van der Waals surface area contributed by atoms with Gasteiger partial charge in [-0.15, -0.1) is 0 Å². The van der Waals surface area contributed by atoms with Crippen LogP contribution in [0.4, 0.5) is 0 Å². The molecule has 24 heavy (non-hydrogen) atoms. The van der Waals surface area contributed by atoms with E-state index in [0.29, 0.717) is 5.39 Å². The molecule has 0 amide bonds. The first-order chi connectivity index (χ1) is 11.4. The fourth-order valence-electron chi connectivity index (χ4n) is 3.36. The summed E-state index contributed by atoms with van der Waals surface area (Å²) in [4.78, 5) is 0. The van der Waals surface area contributed by atoms with Crippen molar-refractivity contribution in [3.05, 3.63) is 42.0 Å². The third-order valence-electron chi connectivity index (χ3n) is 4.33. The highest BCUT2D eigenvalue weighted by Crippen LogP contribution is 2.50. The molecule has 4 aromatic rings. The van der Waals surface area contributed by atoms with Crippen molar-refractivity contribution in [2.24, 2.45) is 0 Å². The summed E-state index contributed by atoms with van der Waals surface area (Å²) < 4.78 is 0. The standard InChI is InChI=1S/C19H14O5/c1-8-5-9-7-13(22)16-17(14(9)12(21)6-8)18(23)10-3-2-4-11(20)15(10)19(16)24/h2-7,20-24H,1H3/p-1. The molecular weight excluding hydrogens is 308 g/mol. The lowest BCUT2D eigenvalue weighted by Crippen LogP contribution is -1.95. The normalized spacial score (nSPS) is 11.5. The zero-order valence-electron chi connectivity index (χ0n) is 12.7. The first kappa shape index (κ1) is 14.3. The summed E-state index contributed by atoms with van der Waals surface area (Å²) in [6, 6.07) is 8.97. The van der Waals surface area contributed by atoms with Crippen molar-refractivity contribution < 1.29 is 25.5 Å². The Kier molecular flexibility index (Phi) is 2.72. The predicted molar refractivity (Wildman–Crippen MR) is 89.8 cm³/mol. The molecule has 0 heterocycles. The second-order valence-electron chi connectivity index (χ2n) is 5.91. The van der Waals surface area contributed by atoms with Crippen LogP contribution in [0.25, 0.3) is 32.3 Å². The van der Waals surface area contributed by atoms with Crippen LogP contribution in [-0.4, -0.2) is 20.4 Å². The van der Waals surface area contributed by atoms with Gasteiger partial charge in [0, 0.05) is 5.39 Å². The predicted octanol–water partition coefficient (Wildman–Crippen LogP) is 3.35. The summed E-state index contributed by atoms with van der Waals surface area (Å²) in [5.41, 5.74) is 0.772. The molecule has 0 unspecified atom stereocenters. The van der Waals surface area contributed by atoms with Crippen molar-refractivity contribution in [1.29, 1.82) is 0 Å². The zero-order valence-corrected chi connectivity index (χ0v) is 12.7. The smallest absolute Gasteiger partial charge is 0.138 e. The van der Waals surface area contributed by atoms with Crippen LogP contribution in [0.3, 0.4) is 0 Å². The van der Waals surface area contributed by atoms with Crippen molar-refractivity contribution in [2.75, 3.05) is 0 Å². The van der Waals surface area contributed by atoms with E-state index in [9.17, 15) is 25.5 Å². The molecule has 0 aliphatic heterocycles. The molecule has 0 spiro atoms. The summed E-state index contributed by atoms with van der Waals surface area (Å²) in [6.07, 6.45) is 0. The first-order valence-corrected chi connectivity index (χ1v) is 7.32. The van der Waals surface area contributed by atoms with Crippen LogP contribution in [-0.2, 0) is 0 Å². The molecular formula is C19H13O5-. The van der Waals surface area contributed by atoms with E-state index in [0.717, 1.165) is 5.56 Å². The third kappa shape index (κ3) is 1.69. The molecule has 0 saturated heterocycles. The van der Waals surface area contributed by atoms with Crippen LogP contribution in [0, 0.1) is 6.92 Å². The van der Waals surface area contributed by atoms with Crippen LogP contribution in [0.5, 0.6) is 28.7 Å². The largest absolute Gasteiger partial charge is 0.872 e. The van der Waals surface area contributed by atoms with E-state index in [-0.39, 0.29) is 44.2 Å². The highest BCUT2D eigenvalue weighted by molar-refractivity contribution is 6.24. The Labute approximate surface area is 136 Å². The van der Waals surface area contributed by atoms with Crippen LogP contribution in [0.2, 0.25) is 0 Å². The van der Waals surface area contributed by atoms with Gasteiger partial charge < -0.3 is 25.5 Å². The third-order valence-corrected chi connectivity index (χ3v) is 4.33. The lowest BCUT2D eigenvalue weighted by molar-refractivity contribution is -0.263. The Hall–Kier alpha value is -3.34. The minimum atomic E-state index is -0.478. The fourth-order valence-corrected chi connectivity index (χ4v) is 3.36. The van der Waals surface area contributed by atoms with Crippen LogP contribution in [0.15, 0.2) is 36.4 Å². The molecule has 5 nitrogen and oxygen atoms in total. The topological polar surface area (TPSA) is 104 Å². The molecule has 4 aromatic carbocycles. The van der Waals surface area contributed by atoms with E-state index >= 15 is 0 Å². The van der Waals surface area contributed by atoms with E-state index in [2.05, 4.69) is 0 Å². The number of benzene rings is 4. The number of phenols is 4. The molecule has 0 aliphatic rings. The lowest BCUT2D eigenvalue weighted by atomic mass is 9.93. The summed E-state index contributed by atoms with van der Waals surface area (Å²) in [5.74, 6) is -1.52. The Morgan fingerprint density at radius 2 is 1.46 bits per heavy atom. The average molecular weight is 321 g/mol. The maximum atomic E-state index is 13.0. The van der Waals surface area contributed by atoms with Crippen molar-refractivity contribution in [3.63, 3.8) is 0 Å². The van der Waals surface area contributed by atoms with Gasteiger partial charge in [0.2, 0.25) is 0 Å². The van der Waals surface area contributed by atoms with E-state index in [1.807, 2.05) is 0 Å². The Morgan fingerprint density at radius 3 is 2.21 bits per heavy atom. The summed E-state index contributed by atoms with van der Waals surface area (Å²) >= 11 is 0. The maximum Gasteiger partial charge on any atom is 0.138 e. The van der Waals surface area contributed by atoms with Gasteiger partial charge in [-0.1, -0.05) is 23.9 Å².